The van der Waals surface area contributed by atoms with E-state index in [1.54, 1.807) is 12.1 Å². The molecule has 0 saturated heterocycles. The maximum Gasteiger partial charge on any atom is 0.296 e. The van der Waals surface area contributed by atoms with Crippen LogP contribution in [0.3, 0.4) is 0 Å². The fourth-order valence-electron chi connectivity index (χ4n) is 2.24. The average Bonchev–Trinajstić information content (AvgIpc) is 2.62. The number of benzene rings is 1. The van der Waals surface area contributed by atoms with Gasteiger partial charge < -0.3 is 10.2 Å². The van der Waals surface area contributed by atoms with Gasteiger partial charge >= 0.3 is 0 Å². The van der Waals surface area contributed by atoms with E-state index < -0.39 is 11.7 Å². The van der Waals surface area contributed by atoms with Crippen molar-refractivity contribution in [1.29, 1.82) is 0 Å². The van der Waals surface area contributed by atoms with E-state index in [-0.39, 0.29) is 0 Å². The van der Waals surface area contributed by atoms with Crippen LogP contribution in [0, 0.1) is 5.92 Å². The summed E-state index contributed by atoms with van der Waals surface area (Å²) in [4.78, 5) is 25.1. The molecular formula is C14H17ClN2O2. The second-order valence-electron chi connectivity index (χ2n) is 5.06. The molecule has 0 fully saturated rings. The number of carbonyl (C=O) groups excluding carboxylic acids is 2. The molecule has 0 bridgehead atoms. The molecule has 0 radical (unpaired) electrons. The van der Waals surface area contributed by atoms with Crippen LogP contribution in [0.1, 0.15) is 31.1 Å². The highest BCUT2D eigenvalue weighted by atomic mass is 35.5. The summed E-state index contributed by atoms with van der Waals surface area (Å²) >= 11 is 6.24. The summed E-state index contributed by atoms with van der Waals surface area (Å²) in [6.45, 7) is 8.01. The lowest BCUT2D eigenvalue weighted by Gasteiger charge is -2.26. The molecule has 0 atom stereocenters. The van der Waals surface area contributed by atoms with E-state index in [0.29, 0.717) is 22.2 Å². The minimum atomic E-state index is -0.588. The normalized spacial score (nSPS) is 13.7. The van der Waals surface area contributed by atoms with Gasteiger partial charge in [-0.1, -0.05) is 25.4 Å². The summed E-state index contributed by atoms with van der Waals surface area (Å²) in [5, 5.41) is 3.08. The highest BCUT2D eigenvalue weighted by Gasteiger charge is 2.29. The highest BCUT2D eigenvalue weighted by molar-refractivity contribution is 6.52. The van der Waals surface area contributed by atoms with E-state index in [4.69, 9.17) is 11.6 Å². The van der Waals surface area contributed by atoms with Crippen LogP contribution in [-0.2, 0) is 4.79 Å². The molecule has 0 unspecified atom stereocenters. The number of Topliss-reactive ketones (excluding diaryl/α,β-unsaturated/α-hetero) is 1. The SMILES string of the molecule is CCN(CC(C)C)c1cc2c(cc1Cl)C(=O)C(=O)N2. The molecule has 0 aliphatic carbocycles. The zero-order valence-electron chi connectivity index (χ0n) is 11.3. The molecular weight excluding hydrogens is 264 g/mol. The van der Waals surface area contributed by atoms with Crippen molar-refractivity contribution < 1.29 is 9.59 Å². The number of amides is 1. The summed E-state index contributed by atoms with van der Waals surface area (Å²) < 4.78 is 0. The third kappa shape index (κ3) is 2.59. The zero-order chi connectivity index (χ0) is 14.2. The van der Waals surface area contributed by atoms with Gasteiger partial charge in [0.15, 0.2) is 0 Å². The zero-order valence-corrected chi connectivity index (χ0v) is 12.0. The van der Waals surface area contributed by atoms with Gasteiger partial charge in [-0.3, -0.25) is 9.59 Å². The van der Waals surface area contributed by atoms with Crippen LogP contribution >= 0.6 is 11.6 Å². The van der Waals surface area contributed by atoms with Crippen molar-refractivity contribution in [3.8, 4) is 0 Å². The van der Waals surface area contributed by atoms with E-state index in [2.05, 4.69) is 31.0 Å². The second-order valence-corrected chi connectivity index (χ2v) is 5.47. The summed E-state index contributed by atoms with van der Waals surface area (Å²) in [6.07, 6.45) is 0. The van der Waals surface area contributed by atoms with Crippen molar-refractivity contribution in [2.45, 2.75) is 20.8 Å². The van der Waals surface area contributed by atoms with Gasteiger partial charge in [-0.2, -0.15) is 0 Å². The Bertz CT molecular complexity index is 540. The Hall–Kier alpha value is -1.55. The van der Waals surface area contributed by atoms with E-state index in [1.165, 1.54) is 0 Å². The second kappa shape index (κ2) is 5.21. The van der Waals surface area contributed by atoms with Crippen LogP contribution in [0.2, 0.25) is 5.02 Å². The topological polar surface area (TPSA) is 49.4 Å². The molecule has 1 N–H and O–H groups in total. The molecule has 1 amide bonds. The number of fused-ring (bicyclic) bond motifs is 1. The van der Waals surface area contributed by atoms with Crippen LogP contribution in [-0.4, -0.2) is 24.8 Å². The maximum atomic E-state index is 11.6. The van der Waals surface area contributed by atoms with Crippen LogP contribution in [0.5, 0.6) is 0 Å². The van der Waals surface area contributed by atoms with Crippen molar-refractivity contribution in [1.82, 2.24) is 0 Å². The molecule has 5 heteroatoms. The minimum Gasteiger partial charge on any atom is -0.370 e. The van der Waals surface area contributed by atoms with Gasteiger partial charge in [0.1, 0.15) is 0 Å². The van der Waals surface area contributed by atoms with Crippen molar-refractivity contribution >= 4 is 34.7 Å². The number of nitrogens with one attached hydrogen (secondary N) is 1. The van der Waals surface area contributed by atoms with Crippen LogP contribution in [0.25, 0.3) is 0 Å². The van der Waals surface area contributed by atoms with Crippen molar-refractivity contribution in [2.24, 2.45) is 5.92 Å². The van der Waals surface area contributed by atoms with Crippen LogP contribution in [0.15, 0.2) is 12.1 Å². The lowest BCUT2D eigenvalue weighted by Crippen LogP contribution is -2.27. The number of carbonyl (C=O) groups is 2. The van der Waals surface area contributed by atoms with Gasteiger partial charge in [0.2, 0.25) is 0 Å². The first-order valence-corrected chi connectivity index (χ1v) is 6.76. The Morgan fingerprint density at radius 1 is 1.32 bits per heavy atom. The van der Waals surface area contributed by atoms with Gasteiger partial charge in [-0.05, 0) is 25.0 Å². The Morgan fingerprint density at radius 2 is 2.00 bits per heavy atom. The van der Waals surface area contributed by atoms with Crippen LogP contribution in [0.4, 0.5) is 11.4 Å². The molecule has 2 rings (SSSR count). The Balaban J connectivity index is 2.41. The van der Waals surface area contributed by atoms with Gasteiger partial charge in [0, 0.05) is 13.1 Å². The number of hydrogen-bond donors (Lipinski definition) is 1. The number of ketones is 1. The highest BCUT2D eigenvalue weighted by Crippen LogP contribution is 2.35. The number of nitrogens with zero attached hydrogens (tertiary/aromatic N) is 1. The van der Waals surface area contributed by atoms with Crippen LogP contribution < -0.4 is 10.2 Å². The molecule has 0 spiro atoms. The number of anilines is 2. The predicted molar refractivity (Wildman–Crippen MR) is 77.1 cm³/mol. The number of rotatable bonds is 4. The van der Waals surface area contributed by atoms with Crippen molar-refractivity contribution in [2.75, 3.05) is 23.3 Å². The third-order valence-corrected chi connectivity index (χ3v) is 3.40. The lowest BCUT2D eigenvalue weighted by molar-refractivity contribution is -0.112. The van der Waals surface area contributed by atoms with Crippen molar-refractivity contribution in [3.63, 3.8) is 0 Å². The molecule has 19 heavy (non-hydrogen) atoms. The molecule has 1 heterocycles. The number of hydrogen-bond acceptors (Lipinski definition) is 3. The Morgan fingerprint density at radius 3 is 2.58 bits per heavy atom. The smallest absolute Gasteiger partial charge is 0.296 e. The van der Waals surface area contributed by atoms with E-state index >= 15 is 0 Å². The van der Waals surface area contributed by atoms with E-state index in [1.807, 2.05) is 0 Å². The van der Waals surface area contributed by atoms with Crippen molar-refractivity contribution in [3.05, 3.63) is 22.7 Å². The van der Waals surface area contributed by atoms with Gasteiger partial charge in [0.05, 0.1) is 22.0 Å². The van der Waals surface area contributed by atoms with E-state index in [0.717, 1.165) is 18.8 Å². The fraction of sp³-hybridized carbons (Fsp3) is 0.429. The standard InChI is InChI=1S/C14H17ClN2O2/c1-4-17(7-8(2)3)12-6-11-9(5-10(12)15)13(18)14(19)16-11/h5-6,8H,4,7H2,1-3H3,(H,16,18,19). The predicted octanol–water partition coefficient (Wildman–Crippen LogP) is 2.96. The molecule has 1 aliphatic heterocycles. The van der Waals surface area contributed by atoms with E-state index in [9.17, 15) is 9.59 Å². The van der Waals surface area contributed by atoms with Gasteiger partial charge in [-0.25, -0.2) is 0 Å². The summed E-state index contributed by atoms with van der Waals surface area (Å²) in [6, 6.07) is 3.36. The summed E-state index contributed by atoms with van der Waals surface area (Å²) in [7, 11) is 0. The average molecular weight is 281 g/mol. The van der Waals surface area contributed by atoms with Gasteiger partial charge in [-0.15, -0.1) is 0 Å². The summed E-state index contributed by atoms with van der Waals surface area (Å²) in [5.41, 5.74) is 1.77. The molecule has 102 valence electrons. The number of halogens is 1. The monoisotopic (exact) mass is 280 g/mol. The first kappa shape index (κ1) is 13.9. The fourth-order valence-corrected chi connectivity index (χ4v) is 2.52. The Kier molecular flexibility index (Phi) is 3.80. The van der Waals surface area contributed by atoms with Gasteiger partial charge in [0.25, 0.3) is 11.7 Å². The molecule has 0 saturated carbocycles. The first-order chi connectivity index (χ1) is 8.93. The molecule has 1 aromatic carbocycles. The molecule has 0 aromatic heterocycles. The molecule has 1 aromatic rings. The largest absolute Gasteiger partial charge is 0.370 e. The Labute approximate surface area is 117 Å². The lowest BCUT2D eigenvalue weighted by atomic mass is 10.1. The maximum absolute atomic E-state index is 11.6. The molecule has 4 nitrogen and oxygen atoms in total. The summed E-state index contributed by atoms with van der Waals surface area (Å²) in [5.74, 6) is -0.606. The third-order valence-electron chi connectivity index (χ3n) is 3.09. The quantitative estimate of drug-likeness (QED) is 0.863. The minimum absolute atomic E-state index is 0.361. The first-order valence-electron chi connectivity index (χ1n) is 6.38. The molecule has 1 aliphatic rings.